The summed E-state index contributed by atoms with van der Waals surface area (Å²) in [6.45, 7) is 3.26. The summed E-state index contributed by atoms with van der Waals surface area (Å²) in [6, 6.07) is 18.3. The second-order valence-electron chi connectivity index (χ2n) is 8.97. The Hall–Kier alpha value is -4.02. The molecule has 0 saturated carbocycles. The number of ketones is 1. The summed E-state index contributed by atoms with van der Waals surface area (Å²) in [5.41, 5.74) is 15.1. The Morgan fingerprint density at radius 1 is 0.949 bits per heavy atom. The van der Waals surface area contributed by atoms with Crippen molar-refractivity contribution in [3.8, 4) is 11.5 Å². The second kappa shape index (κ2) is 13.2. The van der Waals surface area contributed by atoms with Gasteiger partial charge in [-0.3, -0.25) is 15.5 Å². The molecule has 0 saturated heterocycles. The van der Waals surface area contributed by atoms with Crippen molar-refractivity contribution in [2.75, 3.05) is 13.2 Å². The van der Waals surface area contributed by atoms with Gasteiger partial charge in [-0.1, -0.05) is 23.8 Å². The van der Waals surface area contributed by atoms with E-state index in [9.17, 15) is 4.79 Å². The lowest BCUT2D eigenvalue weighted by atomic mass is 10.1. The Balaban J connectivity index is 1.21. The molecule has 9 nitrogen and oxygen atoms in total. The molecule has 1 aliphatic rings. The standard InChI is InChI=1S/C29H33N5O4S/c1-2-25-26(33-29(31,39-25)27(35)21-14-16-32-17-15-21)20-6-10-23(11-7-20)37-18-4-3-5-19-38-24-12-8-22(9-13-24)28(30)34-36/h6-17,33,36H,2-5,18-19,31H2,1H3,(H2,30,34). The number of hydrogen-bond donors (Lipinski definition) is 4. The molecule has 2 aromatic carbocycles. The number of carbonyl (C=O) groups excluding carboxylic acids is 1. The Morgan fingerprint density at radius 2 is 1.54 bits per heavy atom. The van der Waals surface area contributed by atoms with Gasteiger partial charge in [0.25, 0.3) is 0 Å². The van der Waals surface area contributed by atoms with Crippen LogP contribution in [-0.2, 0) is 0 Å². The molecule has 6 N–H and O–H groups in total. The van der Waals surface area contributed by atoms with Crippen LogP contribution in [0, 0.1) is 0 Å². The average Bonchev–Trinajstić information content (AvgIpc) is 3.34. The molecule has 1 unspecified atom stereocenters. The number of rotatable bonds is 13. The number of ether oxygens (including phenoxy) is 2. The molecule has 2 heterocycles. The zero-order chi connectivity index (χ0) is 27.7. The first-order chi connectivity index (χ1) is 18.9. The Kier molecular flexibility index (Phi) is 9.45. The molecule has 1 aromatic heterocycles. The fourth-order valence-corrected chi connectivity index (χ4v) is 5.26. The first-order valence-electron chi connectivity index (χ1n) is 12.8. The van der Waals surface area contributed by atoms with Gasteiger partial charge in [-0.15, -0.1) is 0 Å². The van der Waals surface area contributed by atoms with Crippen molar-refractivity contribution < 1.29 is 19.5 Å². The highest BCUT2D eigenvalue weighted by Gasteiger charge is 2.42. The smallest absolute Gasteiger partial charge is 0.213 e. The van der Waals surface area contributed by atoms with Crippen LogP contribution in [0.25, 0.3) is 5.70 Å². The fraction of sp³-hybridized carbons (Fsp3) is 0.276. The van der Waals surface area contributed by atoms with Crippen molar-refractivity contribution in [3.63, 3.8) is 0 Å². The van der Waals surface area contributed by atoms with Crippen LogP contribution in [0.4, 0.5) is 0 Å². The van der Waals surface area contributed by atoms with Crippen LogP contribution in [0.3, 0.4) is 0 Å². The van der Waals surface area contributed by atoms with Gasteiger partial charge in [0.2, 0.25) is 10.8 Å². The number of nitrogens with one attached hydrogen (secondary N) is 1. The number of thioether (sulfide) groups is 1. The van der Waals surface area contributed by atoms with E-state index in [4.69, 9.17) is 26.1 Å². The van der Waals surface area contributed by atoms with Gasteiger partial charge >= 0.3 is 0 Å². The zero-order valence-electron chi connectivity index (χ0n) is 21.8. The SMILES string of the molecule is CCC1=C(c2ccc(OCCCCCOc3ccc(/C(N)=N/O)cc3)cc2)NC(N)(C(=O)c2ccncc2)S1. The molecule has 0 bridgehead atoms. The first-order valence-corrected chi connectivity index (χ1v) is 13.6. The third-order valence-electron chi connectivity index (χ3n) is 6.20. The maximum atomic E-state index is 13.1. The lowest BCUT2D eigenvalue weighted by Gasteiger charge is -2.24. The minimum atomic E-state index is -1.26. The summed E-state index contributed by atoms with van der Waals surface area (Å²) in [7, 11) is 0. The molecule has 3 aromatic rings. The maximum Gasteiger partial charge on any atom is 0.213 e. The lowest BCUT2D eigenvalue weighted by Crippen LogP contribution is -2.53. The van der Waals surface area contributed by atoms with Crippen molar-refractivity contribution in [1.29, 1.82) is 0 Å². The molecular weight excluding hydrogens is 514 g/mol. The van der Waals surface area contributed by atoms with E-state index >= 15 is 0 Å². The molecule has 1 atom stereocenters. The van der Waals surface area contributed by atoms with Gasteiger partial charge in [-0.25, -0.2) is 0 Å². The predicted octanol–water partition coefficient (Wildman–Crippen LogP) is 4.71. The van der Waals surface area contributed by atoms with Crippen LogP contribution < -0.4 is 26.3 Å². The number of amidine groups is 1. The minimum Gasteiger partial charge on any atom is -0.494 e. The third-order valence-corrected chi connectivity index (χ3v) is 7.55. The van der Waals surface area contributed by atoms with E-state index in [1.807, 2.05) is 24.3 Å². The number of allylic oxidation sites excluding steroid dienone is 1. The van der Waals surface area contributed by atoms with Gasteiger partial charge in [-0.05, 0) is 91.9 Å². The van der Waals surface area contributed by atoms with Crippen molar-refractivity contribution in [1.82, 2.24) is 10.3 Å². The molecule has 0 aliphatic carbocycles. The summed E-state index contributed by atoms with van der Waals surface area (Å²) in [4.78, 5) is 16.8. The van der Waals surface area contributed by atoms with Crippen LogP contribution in [0.15, 0.2) is 83.1 Å². The predicted molar refractivity (Wildman–Crippen MR) is 154 cm³/mol. The quantitative estimate of drug-likeness (QED) is 0.0596. The van der Waals surface area contributed by atoms with Gasteiger partial charge in [-0.2, -0.15) is 0 Å². The summed E-state index contributed by atoms with van der Waals surface area (Å²) >= 11 is 1.36. The zero-order valence-corrected chi connectivity index (χ0v) is 22.6. The molecule has 0 amide bonds. The number of aromatic nitrogens is 1. The summed E-state index contributed by atoms with van der Waals surface area (Å²) in [5.74, 6) is 1.42. The average molecular weight is 548 g/mol. The number of unbranched alkanes of at least 4 members (excludes halogenated alkanes) is 2. The highest BCUT2D eigenvalue weighted by Crippen LogP contribution is 2.42. The maximum absolute atomic E-state index is 13.1. The molecule has 0 radical (unpaired) electrons. The molecule has 4 rings (SSSR count). The van der Waals surface area contributed by atoms with E-state index in [-0.39, 0.29) is 11.6 Å². The number of hydrogen-bond acceptors (Lipinski definition) is 9. The van der Waals surface area contributed by atoms with Crippen molar-refractivity contribution in [3.05, 3.63) is 94.7 Å². The Bertz CT molecular complexity index is 1310. The first kappa shape index (κ1) is 28.0. The number of pyridine rings is 1. The van der Waals surface area contributed by atoms with Crippen molar-refractivity contribution in [2.45, 2.75) is 37.6 Å². The van der Waals surface area contributed by atoms with Gasteiger partial charge in [0.05, 0.1) is 18.9 Å². The van der Waals surface area contributed by atoms with Crippen LogP contribution in [-0.4, -0.2) is 40.0 Å². The highest BCUT2D eigenvalue weighted by molar-refractivity contribution is 8.05. The minimum absolute atomic E-state index is 0.0687. The van der Waals surface area contributed by atoms with Crippen LogP contribution in [0.1, 0.15) is 54.1 Å². The van der Waals surface area contributed by atoms with Crippen molar-refractivity contribution in [2.24, 2.45) is 16.6 Å². The topological polar surface area (TPSA) is 145 Å². The van der Waals surface area contributed by atoms with Gasteiger partial charge in [0.1, 0.15) is 11.5 Å². The molecule has 0 fully saturated rings. The lowest BCUT2D eigenvalue weighted by molar-refractivity contribution is 0.0937. The Morgan fingerprint density at radius 3 is 2.10 bits per heavy atom. The summed E-state index contributed by atoms with van der Waals surface area (Å²) in [5, 5.41) is 15.0. The highest BCUT2D eigenvalue weighted by atomic mass is 32.2. The second-order valence-corrected chi connectivity index (χ2v) is 10.3. The van der Waals surface area contributed by atoms with Gasteiger partial charge in [0.15, 0.2) is 5.84 Å². The molecule has 10 heteroatoms. The number of nitrogens with zero attached hydrogens (tertiary/aromatic N) is 2. The van der Waals surface area contributed by atoms with E-state index in [1.54, 1.807) is 48.8 Å². The number of carbonyl (C=O) groups is 1. The van der Waals surface area contributed by atoms with Crippen LogP contribution >= 0.6 is 11.8 Å². The van der Waals surface area contributed by atoms with E-state index in [0.717, 1.165) is 53.3 Å². The molecule has 39 heavy (non-hydrogen) atoms. The molecule has 204 valence electrons. The monoisotopic (exact) mass is 547 g/mol. The number of oxime groups is 1. The number of benzene rings is 2. The normalized spacial score (nSPS) is 17.1. The van der Waals surface area contributed by atoms with E-state index in [2.05, 4.69) is 22.4 Å². The van der Waals surface area contributed by atoms with E-state index in [0.29, 0.717) is 24.3 Å². The molecular formula is C29H33N5O4S. The fourth-order valence-electron chi connectivity index (χ4n) is 4.09. The molecule has 1 aliphatic heterocycles. The van der Waals surface area contributed by atoms with E-state index < -0.39 is 4.99 Å². The number of nitrogens with two attached hydrogens (primary N) is 2. The van der Waals surface area contributed by atoms with Crippen LogP contribution in [0.2, 0.25) is 0 Å². The summed E-state index contributed by atoms with van der Waals surface area (Å²) in [6.07, 6.45) is 6.72. The van der Waals surface area contributed by atoms with Crippen LogP contribution in [0.5, 0.6) is 11.5 Å². The van der Waals surface area contributed by atoms with Gasteiger partial charge in [0, 0.05) is 28.4 Å². The largest absolute Gasteiger partial charge is 0.494 e. The summed E-state index contributed by atoms with van der Waals surface area (Å²) < 4.78 is 11.7. The van der Waals surface area contributed by atoms with E-state index in [1.165, 1.54) is 11.8 Å². The molecule has 0 spiro atoms. The Labute approximate surface area is 232 Å². The third kappa shape index (κ3) is 7.10. The number of Topliss-reactive ketones (excluding diaryl/α,β-unsaturated/α-hetero) is 1. The van der Waals surface area contributed by atoms with Crippen molar-refractivity contribution >= 4 is 29.1 Å². The van der Waals surface area contributed by atoms with Gasteiger partial charge < -0.3 is 25.7 Å².